The van der Waals surface area contributed by atoms with E-state index < -0.39 is 0 Å². The monoisotopic (exact) mass is 168 g/mol. The van der Waals surface area contributed by atoms with Crippen LogP contribution in [-0.4, -0.2) is 18.4 Å². The quantitative estimate of drug-likeness (QED) is 0.456. The van der Waals surface area contributed by atoms with Gasteiger partial charge in [0.15, 0.2) is 0 Å². The first-order valence-electron chi connectivity index (χ1n) is 4.05. The third-order valence-corrected chi connectivity index (χ3v) is 1.60. The fourth-order valence-corrected chi connectivity index (χ4v) is 0.943. The van der Waals surface area contributed by atoms with Crippen LogP contribution in [0.15, 0.2) is 11.8 Å². The van der Waals surface area contributed by atoms with Gasteiger partial charge in [0.2, 0.25) is 0 Å². The van der Waals surface area contributed by atoms with Gasteiger partial charge >= 0.3 is 0 Å². The minimum Gasteiger partial charge on any atom is -0.380 e. The van der Waals surface area contributed by atoms with Crippen molar-refractivity contribution in [3.05, 3.63) is 11.8 Å². The number of hydrogen-bond acceptors (Lipinski definition) is 3. The summed E-state index contributed by atoms with van der Waals surface area (Å²) < 4.78 is 0. The number of nitrogens with one attached hydrogen (secondary N) is 2. The lowest BCUT2D eigenvalue weighted by Gasteiger charge is -2.02. The number of hydrogen-bond donors (Lipinski definition) is 2. The first kappa shape index (κ1) is 8.77. The summed E-state index contributed by atoms with van der Waals surface area (Å²) in [4.78, 5) is 21.6. The van der Waals surface area contributed by atoms with Crippen LogP contribution in [0.3, 0.4) is 0 Å². The molecule has 0 aromatic carbocycles. The predicted molar refractivity (Wildman–Crippen MR) is 44.1 cm³/mol. The van der Waals surface area contributed by atoms with E-state index in [1.54, 1.807) is 0 Å². The largest absolute Gasteiger partial charge is 0.380 e. The minimum absolute atomic E-state index is 0.323. The molecule has 1 aliphatic rings. The van der Waals surface area contributed by atoms with Crippen LogP contribution in [0.2, 0.25) is 0 Å². The Morgan fingerprint density at radius 2 is 2.25 bits per heavy atom. The summed E-state index contributed by atoms with van der Waals surface area (Å²) in [6.45, 7) is 2.80. The van der Waals surface area contributed by atoms with E-state index in [0.717, 1.165) is 19.4 Å². The zero-order chi connectivity index (χ0) is 8.97. The summed E-state index contributed by atoms with van der Waals surface area (Å²) in [5.41, 5.74) is 0.383. The molecule has 0 aliphatic carbocycles. The zero-order valence-corrected chi connectivity index (χ0v) is 7.02. The molecule has 4 nitrogen and oxygen atoms in total. The van der Waals surface area contributed by atoms with Gasteiger partial charge in [-0.2, -0.15) is 0 Å². The van der Waals surface area contributed by atoms with Crippen LogP contribution in [0.1, 0.15) is 19.8 Å². The molecule has 1 heterocycles. The highest BCUT2D eigenvalue weighted by atomic mass is 16.2. The molecule has 0 aromatic heterocycles. The van der Waals surface area contributed by atoms with E-state index in [9.17, 15) is 9.59 Å². The Bertz CT molecular complexity index is 233. The number of carbonyl (C=O) groups excluding carboxylic acids is 2. The van der Waals surface area contributed by atoms with E-state index in [1.807, 2.05) is 0 Å². The zero-order valence-electron chi connectivity index (χ0n) is 7.02. The van der Waals surface area contributed by atoms with E-state index in [4.69, 9.17) is 0 Å². The minimum atomic E-state index is -0.334. The van der Waals surface area contributed by atoms with Crippen LogP contribution in [0, 0.1) is 0 Å². The molecule has 0 aromatic rings. The van der Waals surface area contributed by atoms with E-state index in [1.165, 1.54) is 6.08 Å². The fraction of sp³-hybridized carbons (Fsp3) is 0.500. The number of carbonyl (C=O) groups is 2. The maximum absolute atomic E-state index is 10.9. The van der Waals surface area contributed by atoms with Crippen LogP contribution in [0.25, 0.3) is 0 Å². The van der Waals surface area contributed by atoms with E-state index in [0.29, 0.717) is 5.70 Å². The molecule has 2 N–H and O–H groups in total. The van der Waals surface area contributed by atoms with Gasteiger partial charge in [0.05, 0.1) is 0 Å². The van der Waals surface area contributed by atoms with Crippen molar-refractivity contribution >= 4 is 11.8 Å². The van der Waals surface area contributed by atoms with Crippen LogP contribution in [0.4, 0.5) is 0 Å². The maximum Gasteiger partial charge on any atom is 0.274 e. The van der Waals surface area contributed by atoms with Crippen molar-refractivity contribution in [2.45, 2.75) is 19.8 Å². The summed E-state index contributed by atoms with van der Waals surface area (Å²) in [5.74, 6) is -0.657. The summed E-state index contributed by atoms with van der Waals surface area (Å²) in [6, 6.07) is 0. The second-order valence-corrected chi connectivity index (χ2v) is 2.66. The molecule has 0 saturated carbocycles. The van der Waals surface area contributed by atoms with E-state index in [-0.39, 0.29) is 11.8 Å². The molecule has 0 bridgehead atoms. The highest BCUT2D eigenvalue weighted by Gasteiger charge is 2.19. The Morgan fingerprint density at radius 3 is 2.75 bits per heavy atom. The second kappa shape index (κ2) is 3.90. The predicted octanol–water partition coefficient (Wildman–Crippen LogP) is -0.0836. The summed E-state index contributed by atoms with van der Waals surface area (Å²) >= 11 is 0. The van der Waals surface area contributed by atoms with Gasteiger partial charge in [-0.1, -0.05) is 13.3 Å². The molecule has 0 radical (unpaired) electrons. The molecular formula is C8H12N2O2. The lowest BCUT2D eigenvalue weighted by Crippen LogP contribution is -2.27. The molecule has 4 heteroatoms. The Kier molecular flexibility index (Phi) is 2.85. The van der Waals surface area contributed by atoms with Crippen molar-refractivity contribution in [2.75, 3.05) is 6.54 Å². The molecular weight excluding hydrogens is 156 g/mol. The van der Waals surface area contributed by atoms with Crippen molar-refractivity contribution in [2.24, 2.45) is 0 Å². The third-order valence-electron chi connectivity index (χ3n) is 1.60. The normalized spacial score (nSPS) is 15.9. The topological polar surface area (TPSA) is 58.2 Å². The average Bonchev–Trinajstić information content (AvgIpc) is 2.31. The molecule has 0 unspecified atom stereocenters. The first-order valence-corrected chi connectivity index (χ1v) is 4.05. The van der Waals surface area contributed by atoms with Crippen molar-refractivity contribution < 1.29 is 9.59 Å². The molecule has 66 valence electrons. The van der Waals surface area contributed by atoms with Gasteiger partial charge in [0.25, 0.3) is 11.8 Å². The number of rotatable bonds is 4. The summed E-state index contributed by atoms with van der Waals surface area (Å²) in [7, 11) is 0. The summed E-state index contributed by atoms with van der Waals surface area (Å²) in [5, 5.41) is 5.05. The molecule has 0 spiro atoms. The van der Waals surface area contributed by atoms with Gasteiger partial charge in [-0.05, 0) is 6.42 Å². The van der Waals surface area contributed by atoms with Crippen molar-refractivity contribution in [3.63, 3.8) is 0 Å². The van der Waals surface area contributed by atoms with Gasteiger partial charge in [-0.3, -0.25) is 14.9 Å². The number of imide groups is 1. The van der Waals surface area contributed by atoms with Gasteiger partial charge in [-0.15, -0.1) is 0 Å². The van der Waals surface area contributed by atoms with Gasteiger partial charge in [-0.25, -0.2) is 0 Å². The number of unbranched alkanes of at least 4 members (excludes halogenated alkanes) is 1. The third kappa shape index (κ3) is 2.08. The Labute approximate surface area is 71.0 Å². The molecule has 12 heavy (non-hydrogen) atoms. The molecule has 0 fully saturated rings. The Morgan fingerprint density at radius 1 is 1.50 bits per heavy atom. The van der Waals surface area contributed by atoms with E-state index in [2.05, 4.69) is 17.6 Å². The van der Waals surface area contributed by atoms with Crippen LogP contribution in [0.5, 0.6) is 0 Å². The fourth-order valence-electron chi connectivity index (χ4n) is 0.943. The van der Waals surface area contributed by atoms with Gasteiger partial charge < -0.3 is 5.32 Å². The Hall–Kier alpha value is -1.32. The first-order chi connectivity index (χ1) is 5.74. The average molecular weight is 168 g/mol. The highest BCUT2D eigenvalue weighted by molar-refractivity contribution is 6.15. The molecule has 1 aliphatic heterocycles. The molecule has 1 rings (SSSR count). The van der Waals surface area contributed by atoms with Gasteiger partial charge in [0, 0.05) is 12.6 Å². The molecule has 0 saturated heterocycles. The van der Waals surface area contributed by atoms with Gasteiger partial charge in [0.1, 0.15) is 5.70 Å². The smallest absolute Gasteiger partial charge is 0.274 e. The lowest BCUT2D eigenvalue weighted by molar-refractivity contribution is -0.124. The second-order valence-electron chi connectivity index (χ2n) is 2.66. The summed E-state index contributed by atoms with van der Waals surface area (Å²) in [6.07, 6.45) is 3.35. The van der Waals surface area contributed by atoms with Crippen molar-refractivity contribution in [3.8, 4) is 0 Å². The van der Waals surface area contributed by atoms with Crippen LogP contribution < -0.4 is 10.6 Å². The van der Waals surface area contributed by atoms with Crippen molar-refractivity contribution in [1.29, 1.82) is 0 Å². The lowest BCUT2D eigenvalue weighted by atomic mass is 10.3. The maximum atomic E-state index is 10.9. The SMILES string of the molecule is CCCCNC1=CC(=O)NC1=O. The molecule has 0 atom stereocenters. The van der Waals surface area contributed by atoms with Crippen LogP contribution >= 0.6 is 0 Å². The Balaban J connectivity index is 2.36. The highest BCUT2D eigenvalue weighted by Crippen LogP contribution is 1.97. The molecule has 2 amide bonds. The number of amides is 2. The van der Waals surface area contributed by atoms with Crippen LogP contribution in [-0.2, 0) is 9.59 Å². The standard InChI is InChI=1S/C8H12N2O2/c1-2-3-4-9-6-5-7(11)10-8(6)12/h5H,2-4H2,1H3,(H2,9,10,11,12). The van der Waals surface area contributed by atoms with E-state index >= 15 is 0 Å². The van der Waals surface area contributed by atoms with Crippen molar-refractivity contribution in [1.82, 2.24) is 10.6 Å².